The van der Waals surface area contributed by atoms with Crippen molar-refractivity contribution in [2.24, 2.45) is 5.41 Å². The molecule has 1 heterocycles. The number of hydrogen-bond donors (Lipinski definition) is 2. The average Bonchev–Trinajstić information content (AvgIpc) is 3.31. The van der Waals surface area contributed by atoms with Gasteiger partial charge in [-0.2, -0.15) is 0 Å². The molecular formula is C40H57N3O13S2. The Kier molecular flexibility index (Phi) is 16.3. The van der Waals surface area contributed by atoms with Crippen LogP contribution in [0.5, 0.6) is 11.5 Å². The van der Waals surface area contributed by atoms with Crippen LogP contribution in [0.15, 0.2) is 41.3 Å². The number of sulfone groups is 1. The normalized spacial score (nSPS) is 15.3. The largest absolute Gasteiger partial charge is 0.495 e. The Balaban J connectivity index is 1.86. The van der Waals surface area contributed by atoms with E-state index in [0.717, 1.165) is 67.7 Å². The van der Waals surface area contributed by atoms with Crippen molar-refractivity contribution >= 4 is 60.9 Å². The van der Waals surface area contributed by atoms with Crippen molar-refractivity contribution in [2.45, 2.75) is 122 Å². The SMILES string of the molecule is CCCCCCCCCCC(CN1C(=O)OC(C)(C)C1=O)OC(=O)c1ccc(NC(=O)C(Oc2ccc(S(C)(=O)=O)cc2NS(C)(=O)=O)C(=O)C(C)(C)C)c(OC)c1. The lowest BCUT2D eigenvalue weighted by atomic mass is 9.87. The van der Waals surface area contributed by atoms with E-state index in [4.69, 9.17) is 18.9 Å². The number of amides is 3. The number of carbonyl (C=O) groups is 5. The first-order chi connectivity index (χ1) is 26.9. The summed E-state index contributed by atoms with van der Waals surface area (Å²) in [6.45, 7) is 9.58. The van der Waals surface area contributed by atoms with E-state index >= 15 is 0 Å². The highest BCUT2D eigenvalue weighted by Crippen LogP contribution is 2.33. The van der Waals surface area contributed by atoms with Crippen LogP contribution in [0.2, 0.25) is 0 Å². The van der Waals surface area contributed by atoms with E-state index in [-0.39, 0.29) is 39.9 Å². The first-order valence-electron chi connectivity index (χ1n) is 19.2. The minimum Gasteiger partial charge on any atom is -0.495 e. The highest BCUT2D eigenvalue weighted by Gasteiger charge is 2.48. The molecule has 0 aliphatic carbocycles. The van der Waals surface area contributed by atoms with Crippen molar-refractivity contribution in [3.63, 3.8) is 0 Å². The Bertz CT molecular complexity index is 2060. The van der Waals surface area contributed by atoms with Gasteiger partial charge in [-0.05, 0) is 63.1 Å². The molecule has 2 atom stereocenters. The van der Waals surface area contributed by atoms with Gasteiger partial charge in [-0.15, -0.1) is 0 Å². The molecule has 0 radical (unpaired) electrons. The second-order valence-electron chi connectivity index (χ2n) is 15.9. The van der Waals surface area contributed by atoms with Gasteiger partial charge in [0.1, 0.15) is 17.6 Å². The van der Waals surface area contributed by atoms with Gasteiger partial charge in [0.15, 0.2) is 21.2 Å². The van der Waals surface area contributed by atoms with Crippen LogP contribution >= 0.6 is 0 Å². The summed E-state index contributed by atoms with van der Waals surface area (Å²) >= 11 is 0. The Morgan fingerprint density at radius 2 is 1.48 bits per heavy atom. The second-order valence-corrected chi connectivity index (χ2v) is 19.7. The van der Waals surface area contributed by atoms with Crippen molar-refractivity contribution in [3.8, 4) is 11.5 Å². The number of sulfonamides is 1. The quantitative estimate of drug-likeness (QED) is 0.0758. The Labute approximate surface area is 341 Å². The van der Waals surface area contributed by atoms with Gasteiger partial charge >= 0.3 is 12.1 Å². The van der Waals surface area contributed by atoms with Gasteiger partial charge in [0, 0.05) is 11.7 Å². The average molecular weight is 852 g/mol. The Hall–Kier alpha value is -4.71. The predicted molar refractivity (Wildman–Crippen MR) is 217 cm³/mol. The number of unbranched alkanes of at least 4 members (excludes halogenated alkanes) is 7. The molecule has 58 heavy (non-hydrogen) atoms. The van der Waals surface area contributed by atoms with Crippen LogP contribution in [0.25, 0.3) is 0 Å². The number of hydrogen-bond acceptors (Lipinski definition) is 13. The Morgan fingerprint density at radius 3 is 2.02 bits per heavy atom. The highest BCUT2D eigenvalue weighted by molar-refractivity contribution is 7.92. The lowest BCUT2D eigenvalue weighted by molar-refractivity contribution is -0.140. The fraction of sp³-hybridized carbons (Fsp3) is 0.575. The number of cyclic esters (lactones) is 1. The summed E-state index contributed by atoms with van der Waals surface area (Å²) in [6.07, 6.45) is 6.88. The molecule has 1 aliphatic heterocycles. The fourth-order valence-electron chi connectivity index (χ4n) is 5.99. The minimum absolute atomic E-state index is 0.00126. The van der Waals surface area contributed by atoms with Crippen LogP contribution in [0.3, 0.4) is 0 Å². The number of nitrogens with zero attached hydrogens (tertiary/aromatic N) is 1. The number of nitrogens with one attached hydrogen (secondary N) is 2. The number of benzene rings is 2. The number of rotatable bonds is 22. The number of methoxy groups -OCH3 is 1. The molecule has 3 amide bonds. The molecule has 322 valence electrons. The first-order valence-corrected chi connectivity index (χ1v) is 22.9. The molecule has 0 aromatic heterocycles. The van der Waals surface area contributed by atoms with Crippen LogP contribution in [-0.2, 0) is 43.7 Å². The molecule has 16 nitrogen and oxygen atoms in total. The zero-order chi connectivity index (χ0) is 43.6. The molecule has 2 unspecified atom stereocenters. The molecule has 2 aromatic carbocycles. The van der Waals surface area contributed by atoms with E-state index in [9.17, 15) is 40.8 Å². The van der Waals surface area contributed by atoms with Gasteiger partial charge in [-0.3, -0.25) is 19.1 Å². The molecule has 0 spiro atoms. The predicted octanol–water partition coefficient (Wildman–Crippen LogP) is 6.29. The summed E-state index contributed by atoms with van der Waals surface area (Å²) in [5.41, 5.74) is -2.76. The summed E-state index contributed by atoms with van der Waals surface area (Å²) in [5, 5.41) is 2.57. The third-order valence-electron chi connectivity index (χ3n) is 9.19. The number of esters is 1. The van der Waals surface area contributed by atoms with E-state index in [1.165, 1.54) is 52.0 Å². The molecule has 18 heteroatoms. The number of anilines is 2. The molecular weight excluding hydrogens is 795 g/mol. The van der Waals surface area contributed by atoms with E-state index < -0.39 is 72.7 Å². The lowest BCUT2D eigenvalue weighted by Gasteiger charge is -2.26. The van der Waals surface area contributed by atoms with Crippen LogP contribution in [0.1, 0.15) is 110 Å². The first kappa shape index (κ1) is 47.7. The molecule has 0 saturated carbocycles. The maximum Gasteiger partial charge on any atom is 0.417 e. The zero-order valence-electron chi connectivity index (χ0n) is 34.8. The maximum absolute atomic E-state index is 13.8. The molecule has 2 aromatic rings. The monoisotopic (exact) mass is 851 g/mol. The van der Waals surface area contributed by atoms with Crippen molar-refractivity contribution in [2.75, 3.05) is 36.2 Å². The summed E-state index contributed by atoms with van der Waals surface area (Å²) in [5.74, 6) is -3.31. The number of ketones is 1. The van der Waals surface area contributed by atoms with Gasteiger partial charge in [0.25, 0.3) is 11.8 Å². The number of Topliss-reactive ketones (excluding diaryl/α,β-unsaturated/α-hetero) is 1. The van der Waals surface area contributed by atoms with Gasteiger partial charge in [-0.25, -0.2) is 31.3 Å². The van der Waals surface area contributed by atoms with Gasteiger partial charge < -0.3 is 24.3 Å². The summed E-state index contributed by atoms with van der Waals surface area (Å²) in [6, 6.07) is 7.30. The Morgan fingerprint density at radius 1 is 0.862 bits per heavy atom. The van der Waals surface area contributed by atoms with Crippen LogP contribution in [0.4, 0.5) is 16.2 Å². The van der Waals surface area contributed by atoms with E-state index in [1.807, 2.05) is 0 Å². The smallest absolute Gasteiger partial charge is 0.417 e. The van der Waals surface area contributed by atoms with E-state index in [0.29, 0.717) is 12.8 Å². The number of imide groups is 1. The topological polar surface area (TPSA) is 218 Å². The molecule has 0 bridgehead atoms. The summed E-state index contributed by atoms with van der Waals surface area (Å²) in [7, 11) is -6.47. The molecule has 1 fully saturated rings. The molecule has 1 saturated heterocycles. The van der Waals surface area contributed by atoms with Crippen LogP contribution in [0, 0.1) is 5.41 Å². The number of ether oxygens (including phenoxy) is 4. The lowest BCUT2D eigenvalue weighted by Crippen LogP contribution is -2.45. The minimum atomic E-state index is -3.97. The van der Waals surface area contributed by atoms with Crippen molar-refractivity contribution in [1.82, 2.24) is 4.90 Å². The van der Waals surface area contributed by atoms with E-state index in [1.54, 1.807) is 20.8 Å². The van der Waals surface area contributed by atoms with Crippen LogP contribution < -0.4 is 19.5 Å². The zero-order valence-corrected chi connectivity index (χ0v) is 36.4. The number of carbonyl (C=O) groups excluding carboxylic acids is 5. The summed E-state index contributed by atoms with van der Waals surface area (Å²) < 4.78 is 73.3. The van der Waals surface area contributed by atoms with Gasteiger partial charge in [-0.1, -0.05) is 72.6 Å². The van der Waals surface area contributed by atoms with Gasteiger partial charge in [0.05, 0.1) is 41.7 Å². The van der Waals surface area contributed by atoms with E-state index in [2.05, 4.69) is 17.0 Å². The maximum atomic E-state index is 13.8. The standard InChI is InChI=1S/C40H57N3O13S2/c1-10-11-12-13-14-15-16-17-18-27(25-43-37(47)40(5,6)56-38(43)48)54-36(46)26-19-21-29(32(23-26)53-7)41-35(45)33(34(44)39(2,3)4)55-31-22-20-28(57(8,49)50)24-30(31)42-58(9,51)52/h19-24,27,33,42H,10-18,25H2,1-9H3,(H,41,45). The van der Waals surface area contributed by atoms with Crippen molar-refractivity contribution in [3.05, 3.63) is 42.0 Å². The van der Waals surface area contributed by atoms with Gasteiger partial charge in [0.2, 0.25) is 16.1 Å². The van der Waals surface area contributed by atoms with Crippen LogP contribution in [-0.4, -0.2) is 95.4 Å². The molecule has 2 N–H and O–H groups in total. The third kappa shape index (κ3) is 13.7. The molecule has 3 rings (SSSR count). The third-order valence-corrected chi connectivity index (χ3v) is 10.9. The van der Waals surface area contributed by atoms with Crippen molar-refractivity contribution in [1.29, 1.82) is 0 Å². The highest BCUT2D eigenvalue weighted by atomic mass is 32.2. The second kappa shape index (κ2) is 19.8. The molecule has 1 aliphatic rings. The van der Waals surface area contributed by atoms with Crippen molar-refractivity contribution < 1.29 is 59.8 Å². The summed E-state index contributed by atoms with van der Waals surface area (Å²) in [4.78, 5) is 67.2. The fourth-order valence-corrected chi connectivity index (χ4v) is 7.19.